The van der Waals surface area contributed by atoms with Crippen molar-refractivity contribution in [3.8, 4) is 0 Å². The lowest BCUT2D eigenvalue weighted by molar-refractivity contribution is 0.987. The van der Waals surface area contributed by atoms with E-state index in [9.17, 15) is 4.79 Å². The molecule has 0 atom stereocenters. The van der Waals surface area contributed by atoms with Crippen LogP contribution in [0.15, 0.2) is 58.6 Å². The number of benzene rings is 2. The molecule has 3 rings (SSSR count). The Hall–Kier alpha value is -2.66. The maximum atomic E-state index is 11.3. The van der Waals surface area contributed by atoms with Gasteiger partial charge in [0.1, 0.15) is 10.7 Å². The summed E-state index contributed by atoms with van der Waals surface area (Å²) in [6, 6.07) is 14.0. The third-order valence-electron chi connectivity index (χ3n) is 3.01. The van der Waals surface area contributed by atoms with Crippen molar-refractivity contribution in [1.29, 1.82) is 0 Å². The highest BCUT2D eigenvalue weighted by molar-refractivity contribution is 6.32. The number of aromatic amines is 1. The van der Waals surface area contributed by atoms with Gasteiger partial charge < -0.3 is 0 Å². The van der Waals surface area contributed by atoms with E-state index in [2.05, 4.69) is 20.7 Å². The summed E-state index contributed by atoms with van der Waals surface area (Å²) in [5.74, 6) is 0. The van der Waals surface area contributed by atoms with E-state index in [1.165, 1.54) is 6.20 Å². The summed E-state index contributed by atoms with van der Waals surface area (Å²) in [6.45, 7) is 0. The van der Waals surface area contributed by atoms with Crippen molar-refractivity contribution in [2.45, 2.75) is 0 Å². The molecule has 0 aliphatic rings. The Bertz CT molecular complexity index is 867. The fourth-order valence-electron chi connectivity index (χ4n) is 2.00. The number of hydrazone groups is 1. The summed E-state index contributed by atoms with van der Waals surface area (Å²) in [6.07, 6.45) is 3.09. The van der Waals surface area contributed by atoms with Gasteiger partial charge in [0, 0.05) is 5.56 Å². The van der Waals surface area contributed by atoms with Crippen LogP contribution in [0, 0.1) is 0 Å². The lowest BCUT2D eigenvalue weighted by atomic mass is 10.1. The van der Waals surface area contributed by atoms with Crippen LogP contribution in [-0.2, 0) is 0 Å². The molecule has 2 N–H and O–H groups in total. The van der Waals surface area contributed by atoms with Crippen LogP contribution in [0.4, 0.5) is 5.69 Å². The average Bonchev–Trinajstić information content (AvgIpc) is 2.52. The maximum Gasteiger partial charge on any atom is 0.285 e. The fraction of sp³-hybridized carbons (Fsp3) is 0. The van der Waals surface area contributed by atoms with E-state index < -0.39 is 5.56 Å². The third kappa shape index (κ3) is 2.78. The number of rotatable bonds is 3. The molecule has 0 fully saturated rings. The van der Waals surface area contributed by atoms with Crippen molar-refractivity contribution < 1.29 is 0 Å². The molecule has 0 aliphatic heterocycles. The first-order chi connectivity index (χ1) is 10.3. The Morgan fingerprint density at radius 3 is 2.90 bits per heavy atom. The number of halogens is 1. The molecule has 0 bridgehead atoms. The number of H-pyrrole nitrogens is 1. The van der Waals surface area contributed by atoms with Crippen LogP contribution in [-0.4, -0.2) is 16.4 Å². The monoisotopic (exact) mass is 298 g/mol. The zero-order chi connectivity index (χ0) is 14.7. The molecule has 2 aromatic carbocycles. The van der Waals surface area contributed by atoms with Crippen molar-refractivity contribution in [3.63, 3.8) is 0 Å². The maximum absolute atomic E-state index is 11.3. The molecule has 0 aliphatic carbocycles. The second-order valence-corrected chi connectivity index (χ2v) is 4.74. The fourth-order valence-corrected chi connectivity index (χ4v) is 2.13. The topological polar surface area (TPSA) is 70.1 Å². The van der Waals surface area contributed by atoms with E-state index >= 15 is 0 Å². The van der Waals surface area contributed by atoms with Gasteiger partial charge in [0.05, 0.1) is 12.4 Å². The molecular formula is C15H11ClN4O. The number of nitrogens with one attached hydrogen (secondary N) is 2. The van der Waals surface area contributed by atoms with Gasteiger partial charge in [0.25, 0.3) is 5.56 Å². The predicted octanol–water partition coefficient (Wildman–Crippen LogP) is 3.02. The molecule has 0 saturated heterocycles. The van der Waals surface area contributed by atoms with Gasteiger partial charge >= 0.3 is 0 Å². The van der Waals surface area contributed by atoms with E-state index in [1.54, 1.807) is 6.21 Å². The quantitative estimate of drug-likeness (QED) is 0.577. The van der Waals surface area contributed by atoms with Crippen molar-refractivity contribution >= 4 is 34.3 Å². The third-order valence-corrected chi connectivity index (χ3v) is 3.38. The normalized spacial score (nSPS) is 11.1. The Kier molecular flexibility index (Phi) is 3.66. The molecule has 0 radical (unpaired) electrons. The number of hydrogen-bond acceptors (Lipinski definition) is 4. The van der Waals surface area contributed by atoms with Crippen LogP contribution >= 0.6 is 11.6 Å². The van der Waals surface area contributed by atoms with Gasteiger partial charge in [-0.15, -0.1) is 0 Å². The molecule has 3 aromatic rings. The predicted molar refractivity (Wildman–Crippen MR) is 85.0 cm³/mol. The molecule has 0 spiro atoms. The molecule has 0 saturated carbocycles. The first-order valence-electron chi connectivity index (χ1n) is 6.26. The highest BCUT2D eigenvalue weighted by Gasteiger charge is 2.03. The summed E-state index contributed by atoms with van der Waals surface area (Å²) in [7, 11) is 0. The van der Waals surface area contributed by atoms with Crippen molar-refractivity contribution in [2.24, 2.45) is 5.10 Å². The second-order valence-electron chi connectivity index (χ2n) is 4.37. The number of nitrogens with zero attached hydrogens (tertiary/aromatic N) is 2. The van der Waals surface area contributed by atoms with Crippen LogP contribution in [0.1, 0.15) is 5.56 Å². The number of hydrogen-bond donors (Lipinski definition) is 2. The van der Waals surface area contributed by atoms with Crippen LogP contribution < -0.4 is 11.0 Å². The largest absolute Gasteiger partial charge is 0.285 e. The molecule has 104 valence electrons. The Labute approximate surface area is 125 Å². The van der Waals surface area contributed by atoms with Crippen molar-refractivity contribution in [3.05, 3.63) is 69.6 Å². The zero-order valence-electron chi connectivity index (χ0n) is 10.9. The van der Waals surface area contributed by atoms with Crippen LogP contribution in [0.25, 0.3) is 10.8 Å². The first-order valence-corrected chi connectivity index (χ1v) is 6.63. The van der Waals surface area contributed by atoms with E-state index in [0.717, 1.165) is 16.3 Å². The van der Waals surface area contributed by atoms with Crippen molar-refractivity contribution in [1.82, 2.24) is 10.2 Å². The standard InChI is InChI=1S/C15H11ClN4O/c16-14-13(9-18-20-15(14)21)19-17-8-11-6-3-5-10-4-1-2-7-12(10)11/h1-9H,(H2,19,20,21)/b17-8-. The highest BCUT2D eigenvalue weighted by atomic mass is 35.5. The SMILES string of the molecule is O=c1[nH]ncc(N/N=C\c2cccc3ccccc23)c1Cl. The molecule has 1 aromatic heterocycles. The van der Waals surface area contributed by atoms with Crippen LogP contribution in [0.5, 0.6) is 0 Å². The number of aromatic nitrogens is 2. The molecule has 0 amide bonds. The van der Waals surface area contributed by atoms with Crippen molar-refractivity contribution in [2.75, 3.05) is 5.43 Å². The number of anilines is 1. The summed E-state index contributed by atoms with van der Waals surface area (Å²) in [5.41, 5.74) is 3.59. The zero-order valence-corrected chi connectivity index (χ0v) is 11.6. The minimum atomic E-state index is -0.456. The summed E-state index contributed by atoms with van der Waals surface area (Å²) >= 11 is 5.85. The molecule has 0 unspecified atom stereocenters. The van der Waals surface area contributed by atoms with Gasteiger partial charge in [-0.2, -0.15) is 10.2 Å². The van der Waals surface area contributed by atoms with Gasteiger partial charge in [-0.05, 0) is 10.8 Å². The van der Waals surface area contributed by atoms with Gasteiger partial charge in [0.15, 0.2) is 0 Å². The lowest BCUT2D eigenvalue weighted by Crippen LogP contribution is -2.10. The van der Waals surface area contributed by atoms with Gasteiger partial charge in [-0.25, -0.2) is 5.10 Å². The Morgan fingerprint density at radius 1 is 1.19 bits per heavy atom. The molecule has 21 heavy (non-hydrogen) atoms. The molecular weight excluding hydrogens is 288 g/mol. The van der Waals surface area contributed by atoms with E-state index in [0.29, 0.717) is 5.69 Å². The lowest BCUT2D eigenvalue weighted by Gasteiger charge is -2.03. The van der Waals surface area contributed by atoms with Crippen LogP contribution in [0.2, 0.25) is 5.02 Å². The minimum absolute atomic E-state index is 0.0278. The Balaban J connectivity index is 1.89. The summed E-state index contributed by atoms with van der Waals surface area (Å²) < 4.78 is 0. The highest BCUT2D eigenvalue weighted by Crippen LogP contribution is 2.17. The summed E-state index contributed by atoms with van der Waals surface area (Å²) in [4.78, 5) is 11.3. The van der Waals surface area contributed by atoms with Gasteiger partial charge in [-0.3, -0.25) is 10.2 Å². The molecule has 1 heterocycles. The van der Waals surface area contributed by atoms with Crippen LogP contribution in [0.3, 0.4) is 0 Å². The van der Waals surface area contributed by atoms with Gasteiger partial charge in [0.2, 0.25) is 0 Å². The smallest absolute Gasteiger partial charge is 0.275 e. The van der Waals surface area contributed by atoms with E-state index in [4.69, 9.17) is 11.6 Å². The van der Waals surface area contributed by atoms with E-state index in [-0.39, 0.29) is 5.02 Å². The Morgan fingerprint density at radius 2 is 2.00 bits per heavy atom. The summed E-state index contributed by atoms with van der Waals surface area (Å²) in [5, 5.41) is 12.3. The second kappa shape index (κ2) is 5.76. The average molecular weight is 299 g/mol. The van der Waals surface area contributed by atoms with Gasteiger partial charge in [-0.1, -0.05) is 54.1 Å². The number of fused-ring (bicyclic) bond motifs is 1. The minimum Gasteiger partial charge on any atom is -0.275 e. The molecule has 5 nitrogen and oxygen atoms in total. The first kappa shape index (κ1) is 13.3. The molecule has 6 heteroatoms. The van der Waals surface area contributed by atoms with E-state index in [1.807, 2.05) is 42.5 Å².